The van der Waals surface area contributed by atoms with Crippen molar-refractivity contribution in [2.24, 2.45) is 0 Å². The molecule has 0 heterocycles. The summed E-state index contributed by atoms with van der Waals surface area (Å²) in [5.74, 6) is -1.16. The van der Waals surface area contributed by atoms with Crippen LogP contribution in [0.1, 0.15) is 29.8 Å². The van der Waals surface area contributed by atoms with Crippen LogP contribution in [0.3, 0.4) is 0 Å². The lowest BCUT2D eigenvalue weighted by molar-refractivity contribution is 0.0696. The predicted molar refractivity (Wildman–Crippen MR) is 85.1 cm³/mol. The van der Waals surface area contributed by atoms with Crippen molar-refractivity contribution in [1.82, 2.24) is 4.31 Å². The van der Waals surface area contributed by atoms with Crippen molar-refractivity contribution in [3.05, 3.63) is 39.9 Å². The molecule has 0 saturated carbocycles. The molecule has 0 amide bonds. The monoisotopic (exact) mass is 375 g/mol. The predicted octanol–water partition coefficient (Wildman–Crippen LogP) is 3.04. The number of hydrogen-bond acceptors (Lipinski definition) is 3. The Labute approximate surface area is 133 Å². The van der Waals surface area contributed by atoms with E-state index in [2.05, 4.69) is 22.5 Å². The van der Waals surface area contributed by atoms with Crippen molar-refractivity contribution < 1.29 is 18.3 Å². The van der Waals surface area contributed by atoms with Gasteiger partial charge in [0.05, 0.1) is 10.5 Å². The molecule has 0 aromatic heterocycles. The first kappa shape index (κ1) is 17.9. The van der Waals surface area contributed by atoms with Gasteiger partial charge in [0, 0.05) is 17.6 Å². The van der Waals surface area contributed by atoms with Gasteiger partial charge in [-0.3, -0.25) is 0 Å². The van der Waals surface area contributed by atoms with Crippen LogP contribution in [-0.2, 0) is 10.0 Å². The van der Waals surface area contributed by atoms with Crippen LogP contribution >= 0.6 is 15.9 Å². The van der Waals surface area contributed by atoms with Crippen LogP contribution < -0.4 is 0 Å². The third kappa shape index (κ3) is 3.93. The zero-order valence-electron chi connectivity index (χ0n) is 12.2. The van der Waals surface area contributed by atoms with Crippen molar-refractivity contribution >= 4 is 31.9 Å². The quantitative estimate of drug-likeness (QED) is 0.775. The maximum Gasteiger partial charge on any atom is 0.335 e. The van der Waals surface area contributed by atoms with Gasteiger partial charge in [-0.15, -0.1) is 0 Å². The molecule has 5 nitrogen and oxygen atoms in total. The Kier molecular flexibility index (Phi) is 5.72. The average Bonchev–Trinajstić information content (AvgIpc) is 2.37. The van der Waals surface area contributed by atoms with Crippen LogP contribution in [0.4, 0.5) is 0 Å². The molecule has 1 aromatic rings. The summed E-state index contributed by atoms with van der Waals surface area (Å²) in [4.78, 5) is 11.1. The highest BCUT2D eigenvalue weighted by atomic mass is 79.9. The molecule has 1 N–H and O–H groups in total. The number of carboxylic acid groups (broad SMARTS) is 1. The molecule has 0 atom stereocenters. The van der Waals surface area contributed by atoms with E-state index in [1.54, 1.807) is 20.8 Å². The molecule has 0 radical (unpaired) electrons. The van der Waals surface area contributed by atoms with E-state index >= 15 is 0 Å². The number of aryl methyl sites for hydroxylation is 1. The fraction of sp³-hybridized carbons (Fsp3) is 0.357. The van der Waals surface area contributed by atoms with E-state index in [1.165, 1.54) is 16.4 Å². The van der Waals surface area contributed by atoms with Crippen LogP contribution in [0.15, 0.2) is 33.7 Å². The molecule has 0 fully saturated rings. The molecule has 0 saturated heterocycles. The third-order valence-electron chi connectivity index (χ3n) is 2.88. The summed E-state index contributed by atoms with van der Waals surface area (Å²) in [6, 6.07) is 2.61. The Bertz CT molecular complexity index is 682. The Morgan fingerprint density at radius 3 is 2.43 bits per heavy atom. The molecular formula is C14H18BrNO4S. The minimum absolute atomic E-state index is 0.0389. The zero-order valence-corrected chi connectivity index (χ0v) is 14.6. The number of carboxylic acids is 1. The van der Waals surface area contributed by atoms with E-state index in [0.29, 0.717) is 15.6 Å². The number of hydrogen-bond donors (Lipinski definition) is 1. The highest BCUT2D eigenvalue weighted by molar-refractivity contribution is 9.10. The van der Waals surface area contributed by atoms with Crippen molar-refractivity contribution in [3.8, 4) is 0 Å². The molecule has 0 aliphatic rings. The fourth-order valence-electron chi connectivity index (χ4n) is 1.86. The highest BCUT2D eigenvalue weighted by Gasteiger charge is 2.27. The summed E-state index contributed by atoms with van der Waals surface area (Å²) in [6.07, 6.45) is 0. The van der Waals surface area contributed by atoms with Crippen LogP contribution in [0.25, 0.3) is 0 Å². The van der Waals surface area contributed by atoms with E-state index in [4.69, 9.17) is 5.11 Å². The average molecular weight is 376 g/mol. The minimum atomic E-state index is -3.79. The molecule has 0 aliphatic carbocycles. The number of carbonyl (C=O) groups is 1. The molecule has 0 unspecified atom stereocenters. The Morgan fingerprint density at radius 1 is 1.43 bits per heavy atom. The second-order valence-electron chi connectivity index (χ2n) is 4.80. The number of sulfonamides is 1. The summed E-state index contributed by atoms with van der Waals surface area (Å²) < 4.78 is 27.1. The normalized spacial score (nSPS) is 11.7. The summed E-state index contributed by atoms with van der Waals surface area (Å²) in [6.45, 7) is 9.32. The molecule has 116 valence electrons. The molecule has 1 aromatic carbocycles. The maximum atomic E-state index is 12.7. The molecule has 7 heteroatoms. The standard InChI is InChI=1S/C14H18BrNO4S/c1-5-16(8-9(2)3)21(19,20)12-7-11(14(17)18)6-10(4)13(12)15/h6-7H,2,5,8H2,1,3-4H3,(H,17,18). The van der Waals surface area contributed by atoms with Gasteiger partial charge in [-0.05, 0) is 47.5 Å². The second kappa shape index (κ2) is 6.72. The van der Waals surface area contributed by atoms with E-state index in [9.17, 15) is 13.2 Å². The number of likely N-dealkylation sites (N-methyl/N-ethyl adjacent to an activating group) is 1. The first-order valence-corrected chi connectivity index (χ1v) is 8.52. The van der Waals surface area contributed by atoms with E-state index < -0.39 is 16.0 Å². The van der Waals surface area contributed by atoms with Gasteiger partial charge in [0.2, 0.25) is 10.0 Å². The first-order chi connectivity index (χ1) is 9.61. The van der Waals surface area contributed by atoms with Crippen molar-refractivity contribution in [3.63, 3.8) is 0 Å². The van der Waals surface area contributed by atoms with E-state index in [-0.39, 0.29) is 23.5 Å². The SMILES string of the molecule is C=C(C)CN(CC)S(=O)(=O)c1cc(C(=O)O)cc(C)c1Br. The minimum Gasteiger partial charge on any atom is -0.478 e. The number of halogens is 1. The summed E-state index contributed by atoms with van der Waals surface area (Å²) in [5, 5.41) is 9.09. The largest absolute Gasteiger partial charge is 0.478 e. The van der Waals surface area contributed by atoms with Gasteiger partial charge in [-0.1, -0.05) is 19.1 Å². The van der Waals surface area contributed by atoms with Crippen LogP contribution in [-0.4, -0.2) is 36.9 Å². The fourth-order valence-corrected chi connectivity index (χ4v) is 4.37. The highest BCUT2D eigenvalue weighted by Crippen LogP contribution is 2.30. The number of aromatic carboxylic acids is 1. The topological polar surface area (TPSA) is 74.7 Å². The lowest BCUT2D eigenvalue weighted by atomic mass is 10.1. The van der Waals surface area contributed by atoms with Gasteiger partial charge >= 0.3 is 5.97 Å². The summed E-state index contributed by atoms with van der Waals surface area (Å²) in [7, 11) is -3.79. The van der Waals surface area contributed by atoms with Crippen molar-refractivity contribution in [2.75, 3.05) is 13.1 Å². The van der Waals surface area contributed by atoms with Gasteiger partial charge in [0.15, 0.2) is 0 Å². The molecule has 0 aliphatic heterocycles. The Morgan fingerprint density at radius 2 is 2.00 bits per heavy atom. The molecule has 1 rings (SSSR count). The van der Waals surface area contributed by atoms with E-state index in [1.807, 2.05) is 0 Å². The van der Waals surface area contributed by atoms with Gasteiger partial charge in [0.25, 0.3) is 0 Å². The van der Waals surface area contributed by atoms with Gasteiger partial charge in [0.1, 0.15) is 0 Å². The molecule has 21 heavy (non-hydrogen) atoms. The number of rotatable bonds is 6. The Hall–Kier alpha value is -1.18. The lowest BCUT2D eigenvalue weighted by Crippen LogP contribution is -2.32. The number of nitrogens with zero attached hydrogens (tertiary/aromatic N) is 1. The number of benzene rings is 1. The summed E-state index contributed by atoms with van der Waals surface area (Å²) in [5.41, 5.74) is 1.21. The second-order valence-corrected chi connectivity index (χ2v) is 7.50. The van der Waals surface area contributed by atoms with Crippen LogP contribution in [0.2, 0.25) is 0 Å². The van der Waals surface area contributed by atoms with Gasteiger partial charge in [-0.25, -0.2) is 13.2 Å². The summed E-state index contributed by atoms with van der Waals surface area (Å²) >= 11 is 3.24. The van der Waals surface area contributed by atoms with Crippen LogP contribution in [0.5, 0.6) is 0 Å². The molecule has 0 spiro atoms. The van der Waals surface area contributed by atoms with Crippen molar-refractivity contribution in [2.45, 2.75) is 25.7 Å². The van der Waals surface area contributed by atoms with Gasteiger partial charge < -0.3 is 5.11 Å². The molecular weight excluding hydrogens is 358 g/mol. The smallest absolute Gasteiger partial charge is 0.335 e. The molecule has 0 bridgehead atoms. The first-order valence-electron chi connectivity index (χ1n) is 6.29. The van der Waals surface area contributed by atoms with Crippen molar-refractivity contribution in [1.29, 1.82) is 0 Å². The van der Waals surface area contributed by atoms with Gasteiger partial charge in [-0.2, -0.15) is 4.31 Å². The third-order valence-corrected chi connectivity index (χ3v) is 6.14. The zero-order chi connectivity index (χ0) is 16.4. The van der Waals surface area contributed by atoms with Crippen LogP contribution in [0, 0.1) is 6.92 Å². The van der Waals surface area contributed by atoms with E-state index in [0.717, 1.165) is 0 Å². The maximum absolute atomic E-state index is 12.7. The Balaban J connectivity index is 3.49. The lowest BCUT2D eigenvalue weighted by Gasteiger charge is -2.22.